The molecule has 0 radical (unpaired) electrons. The topological polar surface area (TPSA) is 76.4 Å². The lowest BCUT2D eigenvalue weighted by atomic mass is 9.86. The summed E-state index contributed by atoms with van der Waals surface area (Å²) in [6, 6.07) is 1.11. The molecule has 1 aliphatic carbocycles. The van der Waals surface area contributed by atoms with Crippen LogP contribution in [0, 0.1) is 5.92 Å². The first-order valence-corrected chi connectivity index (χ1v) is 7.64. The molecule has 20 heavy (non-hydrogen) atoms. The molecular weight excluding hydrogens is 254 g/mol. The maximum absolute atomic E-state index is 11.7. The van der Waals surface area contributed by atoms with E-state index in [2.05, 4.69) is 24.5 Å². The SMILES string of the molecule is CC(C)CC(CNC(=O)OC(C)(C)C)NC1CC(N)C1. The van der Waals surface area contributed by atoms with Crippen LogP contribution in [0.3, 0.4) is 0 Å². The van der Waals surface area contributed by atoms with Crippen LogP contribution in [0.15, 0.2) is 0 Å². The molecular formula is C15H31N3O2. The molecule has 0 aliphatic heterocycles. The van der Waals surface area contributed by atoms with Crippen molar-refractivity contribution in [3.8, 4) is 0 Å². The van der Waals surface area contributed by atoms with E-state index in [1.165, 1.54) is 0 Å². The van der Waals surface area contributed by atoms with E-state index in [9.17, 15) is 4.79 Å². The summed E-state index contributed by atoms with van der Waals surface area (Å²) in [5.41, 5.74) is 5.36. The van der Waals surface area contributed by atoms with Gasteiger partial charge in [0.15, 0.2) is 0 Å². The average Bonchev–Trinajstić information content (AvgIpc) is 2.20. The van der Waals surface area contributed by atoms with Crippen LogP contribution in [0.5, 0.6) is 0 Å². The summed E-state index contributed by atoms with van der Waals surface area (Å²) in [4.78, 5) is 11.7. The fourth-order valence-electron chi connectivity index (χ4n) is 2.43. The maximum Gasteiger partial charge on any atom is 0.407 e. The zero-order valence-electron chi connectivity index (χ0n) is 13.5. The van der Waals surface area contributed by atoms with Crippen molar-refractivity contribution < 1.29 is 9.53 Å². The van der Waals surface area contributed by atoms with Gasteiger partial charge in [-0.15, -0.1) is 0 Å². The molecule has 1 unspecified atom stereocenters. The van der Waals surface area contributed by atoms with Gasteiger partial charge in [0, 0.05) is 24.7 Å². The zero-order valence-corrected chi connectivity index (χ0v) is 13.5. The van der Waals surface area contributed by atoms with Crippen LogP contribution in [0.25, 0.3) is 0 Å². The first-order chi connectivity index (χ1) is 9.15. The van der Waals surface area contributed by atoms with Gasteiger partial charge in [-0.25, -0.2) is 4.79 Å². The van der Waals surface area contributed by atoms with Gasteiger partial charge in [0.05, 0.1) is 0 Å². The molecule has 0 aromatic carbocycles. The summed E-state index contributed by atoms with van der Waals surface area (Å²) in [6.07, 6.45) is 2.74. The van der Waals surface area contributed by atoms with E-state index < -0.39 is 5.60 Å². The third-order valence-corrected chi connectivity index (χ3v) is 3.29. The van der Waals surface area contributed by atoms with Crippen LogP contribution < -0.4 is 16.4 Å². The third-order valence-electron chi connectivity index (χ3n) is 3.29. The number of carbonyl (C=O) groups is 1. The summed E-state index contributed by atoms with van der Waals surface area (Å²) in [6.45, 7) is 10.6. The minimum atomic E-state index is -0.453. The molecule has 1 atom stereocenters. The van der Waals surface area contributed by atoms with Gasteiger partial charge >= 0.3 is 6.09 Å². The minimum Gasteiger partial charge on any atom is -0.444 e. The lowest BCUT2D eigenvalue weighted by Gasteiger charge is -2.37. The summed E-state index contributed by atoms with van der Waals surface area (Å²) in [5.74, 6) is 0.585. The van der Waals surface area contributed by atoms with Gasteiger partial charge < -0.3 is 21.1 Å². The summed E-state index contributed by atoms with van der Waals surface area (Å²) >= 11 is 0. The quantitative estimate of drug-likeness (QED) is 0.697. The Kier molecular flexibility index (Phi) is 6.27. The molecule has 5 heteroatoms. The molecule has 4 N–H and O–H groups in total. The highest BCUT2D eigenvalue weighted by atomic mass is 16.6. The Balaban J connectivity index is 2.34. The Morgan fingerprint density at radius 3 is 2.40 bits per heavy atom. The van der Waals surface area contributed by atoms with E-state index in [4.69, 9.17) is 10.5 Å². The fourth-order valence-corrected chi connectivity index (χ4v) is 2.43. The number of hydrogen-bond donors (Lipinski definition) is 3. The first-order valence-electron chi connectivity index (χ1n) is 7.64. The van der Waals surface area contributed by atoms with Crippen LogP contribution in [-0.2, 0) is 4.74 Å². The van der Waals surface area contributed by atoms with Crippen molar-refractivity contribution in [2.24, 2.45) is 11.7 Å². The second-order valence-corrected chi connectivity index (χ2v) is 7.30. The molecule has 0 aromatic rings. The normalized spacial score (nSPS) is 24.1. The monoisotopic (exact) mass is 285 g/mol. The summed E-state index contributed by atoms with van der Waals surface area (Å²) in [7, 11) is 0. The van der Waals surface area contributed by atoms with Crippen LogP contribution in [0.1, 0.15) is 53.9 Å². The minimum absolute atomic E-state index is 0.278. The van der Waals surface area contributed by atoms with Gasteiger partial charge in [0.2, 0.25) is 0 Å². The van der Waals surface area contributed by atoms with Gasteiger partial charge in [-0.3, -0.25) is 0 Å². The smallest absolute Gasteiger partial charge is 0.407 e. The lowest BCUT2D eigenvalue weighted by Crippen LogP contribution is -2.54. The van der Waals surface area contributed by atoms with E-state index in [1.807, 2.05) is 20.8 Å². The Hall–Kier alpha value is -0.810. The summed E-state index contributed by atoms with van der Waals surface area (Å²) in [5, 5.41) is 6.44. The standard InChI is InChI=1S/C15H31N3O2/c1-10(2)6-13(18-12-7-11(16)8-12)9-17-14(19)20-15(3,4)5/h10-13,18H,6-9,16H2,1-5H3,(H,17,19). The molecule has 1 saturated carbocycles. The highest BCUT2D eigenvalue weighted by Gasteiger charge is 2.28. The van der Waals surface area contributed by atoms with Crippen molar-refractivity contribution in [3.05, 3.63) is 0 Å². The van der Waals surface area contributed by atoms with E-state index >= 15 is 0 Å². The second-order valence-electron chi connectivity index (χ2n) is 7.30. The van der Waals surface area contributed by atoms with E-state index in [-0.39, 0.29) is 12.1 Å². The van der Waals surface area contributed by atoms with Crippen molar-refractivity contribution >= 4 is 6.09 Å². The van der Waals surface area contributed by atoms with Gasteiger partial charge in [-0.2, -0.15) is 0 Å². The number of rotatable bonds is 6. The predicted molar refractivity (Wildman–Crippen MR) is 81.6 cm³/mol. The lowest BCUT2D eigenvalue weighted by molar-refractivity contribution is 0.0518. The Bertz CT molecular complexity index is 307. The Morgan fingerprint density at radius 1 is 1.35 bits per heavy atom. The Morgan fingerprint density at radius 2 is 1.95 bits per heavy atom. The fraction of sp³-hybridized carbons (Fsp3) is 0.933. The number of ether oxygens (including phenoxy) is 1. The largest absolute Gasteiger partial charge is 0.444 e. The molecule has 0 spiro atoms. The predicted octanol–water partition coefficient (Wildman–Crippen LogP) is 2.01. The first kappa shape index (κ1) is 17.2. The van der Waals surface area contributed by atoms with Crippen LogP contribution in [0.4, 0.5) is 4.79 Å². The molecule has 1 rings (SSSR count). The molecule has 1 fully saturated rings. The molecule has 0 aromatic heterocycles. The summed E-state index contributed by atoms with van der Waals surface area (Å²) < 4.78 is 5.26. The van der Waals surface area contributed by atoms with Gasteiger partial charge in [0.1, 0.15) is 5.60 Å². The van der Waals surface area contributed by atoms with E-state index in [0.29, 0.717) is 24.5 Å². The number of carbonyl (C=O) groups excluding carboxylic acids is 1. The third kappa shape index (κ3) is 7.10. The zero-order chi connectivity index (χ0) is 15.3. The number of nitrogens with two attached hydrogens (primary N) is 1. The van der Waals surface area contributed by atoms with Gasteiger partial charge in [-0.05, 0) is 46.0 Å². The second kappa shape index (κ2) is 7.27. The number of amides is 1. The molecule has 0 heterocycles. The van der Waals surface area contributed by atoms with Crippen molar-refractivity contribution in [2.45, 2.75) is 77.6 Å². The number of hydrogen-bond acceptors (Lipinski definition) is 4. The highest BCUT2D eigenvalue weighted by Crippen LogP contribution is 2.19. The van der Waals surface area contributed by atoms with Gasteiger partial charge in [0.25, 0.3) is 0 Å². The van der Waals surface area contributed by atoms with Crippen molar-refractivity contribution in [3.63, 3.8) is 0 Å². The molecule has 0 saturated heterocycles. The number of nitrogens with one attached hydrogen (secondary N) is 2. The molecule has 5 nitrogen and oxygen atoms in total. The van der Waals surface area contributed by atoms with Crippen LogP contribution in [0.2, 0.25) is 0 Å². The van der Waals surface area contributed by atoms with Crippen molar-refractivity contribution in [1.82, 2.24) is 10.6 Å². The average molecular weight is 285 g/mol. The van der Waals surface area contributed by atoms with Crippen LogP contribution >= 0.6 is 0 Å². The van der Waals surface area contributed by atoms with Crippen molar-refractivity contribution in [1.29, 1.82) is 0 Å². The molecule has 0 bridgehead atoms. The molecule has 1 amide bonds. The van der Waals surface area contributed by atoms with Gasteiger partial charge in [-0.1, -0.05) is 13.8 Å². The number of alkyl carbamates (subject to hydrolysis) is 1. The maximum atomic E-state index is 11.7. The van der Waals surface area contributed by atoms with Crippen molar-refractivity contribution in [2.75, 3.05) is 6.54 Å². The van der Waals surface area contributed by atoms with E-state index in [0.717, 1.165) is 19.3 Å². The van der Waals surface area contributed by atoms with E-state index in [1.54, 1.807) is 0 Å². The Labute approximate surface area is 123 Å². The van der Waals surface area contributed by atoms with Crippen LogP contribution in [-0.4, -0.2) is 36.4 Å². The highest BCUT2D eigenvalue weighted by molar-refractivity contribution is 5.67. The molecule has 1 aliphatic rings. The molecule has 118 valence electrons.